The van der Waals surface area contributed by atoms with Gasteiger partial charge in [0, 0.05) is 0 Å². The molecule has 0 bridgehead atoms. The van der Waals surface area contributed by atoms with E-state index in [0.717, 1.165) is 0 Å². The first kappa shape index (κ1) is 8.31. The molecule has 0 aliphatic carbocycles. The van der Waals surface area contributed by atoms with E-state index in [1.165, 1.54) is 27.5 Å². The molecule has 0 fully saturated rings. The van der Waals surface area contributed by atoms with Crippen LogP contribution < -0.4 is 0 Å². The number of rotatable bonds is 0. The second-order valence-electron chi connectivity index (χ2n) is 3.68. The van der Waals surface area contributed by atoms with Gasteiger partial charge in [-0.25, -0.2) is 0 Å². The largest absolute Gasteiger partial charge is 0.0616 e. The predicted octanol–water partition coefficient (Wildman–Crippen LogP) is 3.77. The van der Waals surface area contributed by atoms with E-state index in [2.05, 4.69) is 51.1 Å². The highest BCUT2D eigenvalue weighted by atomic mass is 14.1. The molecule has 0 N–H and O–H groups in total. The molecule has 0 spiro atoms. The molecular formula is C13H14. The van der Waals surface area contributed by atoms with Crippen molar-refractivity contribution < 1.29 is 0 Å². The van der Waals surface area contributed by atoms with Gasteiger partial charge in [0.1, 0.15) is 0 Å². The maximum atomic E-state index is 2.26. The van der Waals surface area contributed by atoms with E-state index >= 15 is 0 Å². The minimum atomic E-state index is 1.37. The second kappa shape index (κ2) is 2.88. The lowest BCUT2D eigenvalue weighted by Crippen LogP contribution is -1.86. The molecule has 0 radical (unpaired) electrons. The van der Waals surface area contributed by atoms with Crippen LogP contribution in [0.3, 0.4) is 0 Å². The minimum Gasteiger partial charge on any atom is -0.0616 e. The number of hydrogen-bond acceptors (Lipinski definition) is 0. The number of hydrogen-bond donors (Lipinski definition) is 0. The molecule has 0 heteroatoms. The van der Waals surface area contributed by atoms with E-state index in [-0.39, 0.29) is 0 Å². The summed E-state index contributed by atoms with van der Waals surface area (Å²) in [6.45, 7) is 6.54. The van der Waals surface area contributed by atoms with E-state index in [4.69, 9.17) is 0 Å². The van der Waals surface area contributed by atoms with Gasteiger partial charge in [0.25, 0.3) is 0 Å². The molecule has 0 saturated heterocycles. The second-order valence-corrected chi connectivity index (χ2v) is 3.68. The Balaban J connectivity index is 2.97. The van der Waals surface area contributed by atoms with Crippen LogP contribution in [0.1, 0.15) is 16.7 Å². The molecule has 2 aromatic rings. The molecule has 66 valence electrons. The monoisotopic (exact) mass is 170 g/mol. The van der Waals surface area contributed by atoms with E-state index in [9.17, 15) is 0 Å². The summed E-state index contributed by atoms with van der Waals surface area (Å²) in [4.78, 5) is 0. The van der Waals surface area contributed by atoms with Crippen LogP contribution >= 0.6 is 0 Å². The highest BCUT2D eigenvalue weighted by molar-refractivity contribution is 5.89. The molecule has 0 aromatic heterocycles. The normalized spacial score (nSPS) is 10.7. The van der Waals surface area contributed by atoms with Gasteiger partial charge in [0.05, 0.1) is 0 Å². The summed E-state index contributed by atoms with van der Waals surface area (Å²) in [6.07, 6.45) is 0. The molecule has 0 atom stereocenters. The van der Waals surface area contributed by atoms with Crippen molar-refractivity contribution in [2.24, 2.45) is 0 Å². The summed E-state index contributed by atoms with van der Waals surface area (Å²) in [5.74, 6) is 0. The van der Waals surface area contributed by atoms with E-state index in [1.54, 1.807) is 0 Å². The van der Waals surface area contributed by atoms with Crippen molar-refractivity contribution in [3.05, 3.63) is 47.0 Å². The quantitative estimate of drug-likeness (QED) is 0.564. The summed E-state index contributed by atoms with van der Waals surface area (Å²) in [5.41, 5.74) is 4.16. The van der Waals surface area contributed by atoms with Gasteiger partial charge in [0.2, 0.25) is 0 Å². The first-order valence-electron chi connectivity index (χ1n) is 4.65. The third-order valence-corrected chi connectivity index (χ3v) is 2.78. The van der Waals surface area contributed by atoms with Crippen molar-refractivity contribution in [3.63, 3.8) is 0 Å². The number of benzene rings is 2. The van der Waals surface area contributed by atoms with Gasteiger partial charge >= 0.3 is 0 Å². The lowest BCUT2D eigenvalue weighted by molar-refractivity contribution is 1.34. The Morgan fingerprint density at radius 2 is 1.38 bits per heavy atom. The summed E-state index contributed by atoms with van der Waals surface area (Å²) >= 11 is 0. The first-order valence-corrected chi connectivity index (χ1v) is 4.65. The smallest absolute Gasteiger partial charge is 0.0149 e. The van der Waals surface area contributed by atoms with Crippen LogP contribution in [0.4, 0.5) is 0 Å². The summed E-state index contributed by atoms with van der Waals surface area (Å²) < 4.78 is 0. The van der Waals surface area contributed by atoms with Gasteiger partial charge in [-0.1, -0.05) is 30.3 Å². The van der Waals surface area contributed by atoms with Gasteiger partial charge in [-0.3, -0.25) is 0 Å². The van der Waals surface area contributed by atoms with Crippen LogP contribution in [0, 0.1) is 20.8 Å². The first-order chi connectivity index (χ1) is 6.20. The van der Waals surface area contributed by atoms with Gasteiger partial charge < -0.3 is 0 Å². The molecule has 0 aliphatic heterocycles. The average Bonchev–Trinajstić information content (AvgIpc) is 2.15. The highest BCUT2D eigenvalue weighted by Crippen LogP contribution is 2.24. The molecule has 0 heterocycles. The van der Waals surface area contributed by atoms with E-state index < -0.39 is 0 Å². The average molecular weight is 170 g/mol. The molecule has 2 rings (SSSR count). The van der Waals surface area contributed by atoms with Crippen LogP contribution in [0.2, 0.25) is 0 Å². The van der Waals surface area contributed by atoms with Crippen molar-refractivity contribution >= 4 is 10.8 Å². The third-order valence-electron chi connectivity index (χ3n) is 2.78. The Morgan fingerprint density at radius 3 is 2.08 bits per heavy atom. The van der Waals surface area contributed by atoms with Crippen LogP contribution in [0.25, 0.3) is 10.8 Å². The lowest BCUT2D eigenvalue weighted by atomic mass is 9.97. The van der Waals surface area contributed by atoms with E-state index in [0.29, 0.717) is 0 Å². The maximum absolute atomic E-state index is 2.26. The van der Waals surface area contributed by atoms with Crippen LogP contribution in [0.5, 0.6) is 0 Å². The number of fused-ring (bicyclic) bond motifs is 1. The van der Waals surface area contributed by atoms with Gasteiger partial charge in [-0.15, -0.1) is 0 Å². The zero-order valence-corrected chi connectivity index (χ0v) is 8.39. The molecule has 2 aromatic carbocycles. The van der Waals surface area contributed by atoms with Crippen molar-refractivity contribution in [2.75, 3.05) is 0 Å². The fourth-order valence-electron chi connectivity index (χ4n) is 1.88. The zero-order chi connectivity index (χ0) is 9.42. The topological polar surface area (TPSA) is 0 Å². The Morgan fingerprint density at radius 1 is 0.769 bits per heavy atom. The predicted molar refractivity (Wildman–Crippen MR) is 58.2 cm³/mol. The molecule has 0 unspecified atom stereocenters. The minimum absolute atomic E-state index is 1.37. The lowest BCUT2D eigenvalue weighted by Gasteiger charge is -2.08. The summed E-state index contributed by atoms with van der Waals surface area (Å²) in [5, 5.41) is 2.77. The third kappa shape index (κ3) is 1.23. The summed E-state index contributed by atoms with van der Waals surface area (Å²) in [6, 6.07) is 10.9. The van der Waals surface area contributed by atoms with Crippen LogP contribution in [0.15, 0.2) is 30.3 Å². The van der Waals surface area contributed by atoms with Crippen molar-refractivity contribution in [3.8, 4) is 0 Å². The van der Waals surface area contributed by atoms with E-state index in [1.807, 2.05) is 0 Å². The fraction of sp³-hybridized carbons (Fsp3) is 0.231. The fourth-order valence-corrected chi connectivity index (χ4v) is 1.88. The molecule has 13 heavy (non-hydrogen) atoms. The molecule has 0 nitrogen and oxygen atoms in total. The standard InChI is InChI=1S/C13H14/c1-9-8-10(2)12-6-4-5-7-13(12)11(9)3/h4-8H,1-3H3. The zero-order valence-electron chi connectivity index (χ0n) is 8.39. The Kier molecular flexibility index (Phi) is 1.84. The van der Waals surface area contributed by atoms with Crippen molar-refractivity contribution in [1.82, 2.24) is 0 Å². The van der Waals surface area contributed by atoms with Gasteiger partial charge in [-0.2, -0.15) is 0 Å². The van der Waals surface area contributed by atoms with Crippen LogP contribution in [-0.4, -0.2) is 0 Å². The highest BCUT2D eigenvalue weighted by Gasteiger charge is 2.01. The summed E-state index contributed by atoms with van der Waals surface area (Å²) in [7, 11) is 0. The molecule has 0 amide bonds. The molecular weight excluding hydrogens is 156 g/mol. The molecule has 0 saturated carbocycles. The van der Waals surface area contributed by atoms with Crippen molar-refractivity contribution in [1.29, 1.82) is 0 Å². The Hall–Kier alpha value is -1.30. The molecule has 0 aliphatic rings. The maximum Gasteiger partial charge on any atom is -0.0149 e. The van der Waals surface area contributed by atoms with Crippen LogP contribution in [-0.2, 0) is 0 Å². The van der Waals surface area contributed by atoms with Gasteiger partial charge in [0.15, 0.2) is 0 Å². The van der Waals surface area contributed by atoms with Gasteiger partial charge in [-0.05, 0) is 48.2 Å². The van der Waals surface area contributed by atoms with Crippen molar-refractivity contribution in [2.45, 2.75) is 20.8 Å². The Labute approximate surface area is 79.2 Å². The Bertz CT molecular complexity index is 453. The number of aryl methyl sites for hydroxylation is 3. The SMILES string of the molecule is Cc1cc(C)c2ccccc2c1C.